The third-order valence-electron chi connectivity index (χ3n) is 4.60. The molecule has 0 radical (unpaired) electrons. The van der Waals surface area contributed by atoms with Gasteiger partial charge in [0.25, 0.3) is 5.91 Å². The first-order valence-corrected chi connectivity index (χ1v) is 8.69. The molecular weight excluding hydrogens is 330 g/mol. The number of hydrogen-bond donors (Lipinski definition) is 0. The number of carbonyl (C=O) groups is 1. The monoisotopic (exact) mass is 349 g/mol. The maximum absolute atomic E-state index is 13.2. The summed E-state index contributed by atoms with van der Waals surface area (Å²) in [6.45, 7) is 2.47. The molecule has 3 aromatic rings. The molecule has 0 bridgehead atoms. The zero-order chi connectivity index (χ0) is 17.9. The summed E-state index contributed by atoms with van der Waals surface area (Å²) in [5.74, 6) is 1.08. The van der Waals surface area contributed by atoms with E-state index in [1.807, 2.05) is 29.2 Å². The van der Waals surface area contributed by atoms with E-state index in [2.05, 4.69) is 20.1 Å². The maximum Gasteiger partial charge on any atom is 0.254 e. The Morgan fingerprint density at radius 2 is 2.04 bits per heavy atom. The van der Waals surface area contributed by atoms with E-state index in [0.29, 0.717) is 23.8 Å². The maximum atomic E-state index is 13.2. The highest BCUT2D eigenvalue weighted by Gasteiger charge is 2.32. The third-order valence-corrected chi connectivity index (χ3v) is 4.60. The number of aryl methyl sites for hydroxylation is 1. The van der Waals surface area contributed by atoms with Crippen LogP contribution in [0.25, 0.3) is 11.1 Å². The number of benzene rings is 1. The topological polar surface area (TPSA) is 85.0 Å². The molecule has 1 aromatic carbocycles. The van der Waals surface area contributed by atoms with Crippen molar-refractivity contribution < 1.29 is 9.32 Å². The first-order chi connectivity index (χ1) is 12.7. The van der Waals surface area contributed by atoms with Crippen LogP contribution in [0.4, 0.5) is 0 Å². The molecule has 4 rings (SSSR count). The highest BCUT2D eigenvalue weighted by atomic mass is 16.5. The lowest BCUT2D eigenvalue weighted by Gasteiger charge is -2.33. The van der Waals surface area contributed by atoms with Crippen LogP contribution in [-0.4, -0.2) is 37.5 Å². The number of hydrogen-bond acceptors (Lipinski definition) is 6. The summed E-state index contributed by atoms with van der Waals surface area (Å²) in [5.41, 5.74) is 2.43. The largest absolute Gasteiger partial charge is 0.337 e. The molecule has 1 aliphatic heterocycles. The van der Waals surface area contributed by atoms with Crippen LogP contribution in [0.1, 0.15) is 47.4 Å². The van der Waals surface area contributed by atoms with Gasteiger partial charge in [-0.25, -0.2) is 9.97 Å². The van der Waals surface area contributed by atoms with E-state index >= 15 is 0 Å². The average molecular weight is 349 g/mol. The molecule has 7 nitrogen and oxygen atoms in total. The molecule has 1 saturated heterocycles. The van der Waals surface area contributed by atoms with Crippen LogP contribution < -0.4 is 0 Å². The van der Waals surface area contributed by atoms with Gasteiger partial charge in [-0.2, -0.15) is 4.98 Å². The Balaban J connectivity index is 1.63. The molecule has 1 aliphatic rings. The van der Waals surface area contributed by atoms with Crippen molar-refractivity contribution >= 4 is 5.91 Å². The second-order valence-electron chi connectivity index (χ2n) is 6.40. The van der Waals surface area contributed by atoms with E-state index < -0.39 is 0 Å². The smallest absolute Gasteiger partial charge is 0.254 e. The van der Waals surface area contributed by atoms with Crippen molar-refractivity contribution in [1.29, 1.82) is 0 Å². The summed E-state index contributed by atoms with van der Waals surface area (Å²) < 4.78 is 5.34. The standard InChI is InChI=1S/C19H19N5O2/c1-13-22-18(26-23-13)17-7-2-3-8-24(17)19(25)15-6-4-5-14(9-15)16-10-20-12-21-11-16/h4-6,9-12,17H,2-3,7-8H2,1H3/t17-/m1/s1. The number of rotatable bonds is 3. The molecule has 0 spiro atoms. The minimum Gasteiger partial charge on any atom is -0.337 e. The van der Waals surface area contributed by atoms with Crippen molar-refractivity contribution in [3.8, 4) is 11.1 Å². The van der Waals surface area contributed by atoms with Gasteiger partial charge in [-0.05, 0) is 43.9 Å². The number of carbonyl (C=O) groups excluding carboxylic acids is 1. The first kappa shape index (κ1) is 16.4. The summed E-state index contributed by atoms with van der Waals surface area (Å²) in [5, 5.41) is 3.87. The van der Waals surface area contributed by atoms with Crippen molar-refractivity contribution in [3.05, 3.63) is 60.3 Å². The summed E-state index contributed by atoms with van der Waals surface area (Å²) >= 11 is 0. The van der Waals surface area contributed by atoms with Crippen molar-refractivity contribution in [2.75, 3.05) is 6.54 Å². The predicted molar refractivity (Wildman–Crippen MR) is 94.1 cm³/mol. The minimum absolute atomic E-state index is 0.0238. The Labute approximate surface area is 151 Å². The summed E-state index contributed by atoms with van der Waals surface area (Å²) in [6.07, 6.45) is 7.81. The van der Waals surface area contributed by atoms with Crippen LogP contribution in [0.5, 0.6) is 0 Å². The summed E-state index contributed by atoms with van der Waals surface area (Å²) in [6, 6.07) is 7.38. The highest BCUT2D eigenvalue weighted by molar-refractivity contribution is 5.95. The normalized spacial score (nSPS) is 17.3. The molecular formula is C19H19N5O2. The second-order valence-corrected chi connectivity index (χ2v) is 6.40. The molecule has 3 heterocycles. The quantitative estimate of drug-likeness (QED) is 0.722. The molecule has 0 unspecified atom stereocenters. The number of amides is 1. The molecule has 1 amide bonds. The fourth-order valence-electron chi connectivity index (χ4n) is 3.33. The lowest BCUT2D eigenvalue weighted by molar-refractivity contribution is 0.0561. The van der Waals surface area contributed by atoms with Gasteiger partial charge < -0.3 is 9.42 Å². The molecule has 1 atom stereocenters. The first-order valence-electron chi connectivity index (χ1n) is 8.69. The molecule has 2 aromatic heterocycles. The van der Waals surface area contributed by atoms with Crippen LogP contribution >= 0.6 is 0 Å². The Morgan fingerprint density at radius 1 is 1.19 bits per heavy atom. The summed E-state index contributed by atoms with van der Waals surface area (Å²) in [4.78, 5) is 27.5. The van der Waals surface area contributed by atoms with Crippen molar-refractivity contribution in [1.82, 2.24) is 25.0 Å². The molecule has 0 N–H and O–H groups in total. The van der Waals surface area contributed by atoms with Gasteiger partial charge in [0.2, 0.25) is 5.89 Å². The van der Waals surface area contributed by atoms with Crippen molar-refractivity contribution in [2.24, 2.45) is 0 Å². The molecule has 1 fully saturated rings. The van der Waals surface area contributed by atoms with Crippen LogP contribution in [0, 0.1) is 6.92 Å². The zero-order valence-electron chi connectivity index (χ0n) is 14.5. The van der Waals surface area contributed by atoms with Crippen LogP contribution in [0.2, 0.25) is 0 Å². The summed E-state index contributed by atoms with van der Waals surface area (Å²) in [7, 11) is 0. The molecule has 7 heteroatoms. The molecule has 0 saturated carbocycles. The minimum atomic E-state index is -0.166. The van der Waals surface area contributed by atoms with Gasteiger partial charge in [-0.3, -0.25) is 4.79 Å². The van der Waals surface area contributed by atoms with Crippen molar-refractivity contribution in [2.45, 2.75) is 32.2 Å². The number of likely N-dealkylation sites (tertiary alicyclic amines) is 1. The van der Waals surface area contributed by atoms with E-state index in [9.17, 15) is 4.79 Å². The van der Waals surface area contributed by atoms with E-state index in [0.717, 1.165) is 30.4 Å². The van der Waals surface area contributed by atoms with Gasteiger partial charge in [0.05, 0.1) is 0 Å². The van der Waals surface area contributed by atoms with Gasteiger partial charge in [0.15, 0.2) is 5.82 Å². The van der Waals surface area contributed by atoms with Gasteiger partial charge in [0, 0.05) is 30.1 Å². The number of nitrogens with zero attached hydrogens (tertiary/aromatic N) is 5. The predicted octanol–water partition coefficient (Wildman–Crippen LogP) is 3.20. The Bertz CT molecular complexity index is 909. The fraction of sp³-hybridized carbons (Fsp3) is 0.316. The van der Waals surface area contributed by atoms with Crippen LogP contribution in [0.15, 0.2) is 47.5 Å². The van der Waals surface area contributed by atoms with Gasteiger partial charge in [0.1, 0.15) is 12.4 Å². The van der Waals surface area contributed by atoms with Crippen LogP contribution in [0.3, 0.4) is 0 Å². The van der Waals surface area contributed by atoms with E-state index in [-0.39, 0.29) is 11.9 Å². The van der Waals surface area contributed by atoms with E-state index in [4.69, 9.17) is 4.52 Å². The third kappa shape index (κ3) is 3.20. The zero-order valence-corrected chi connectivity index (χ0v) is 14.5. The average Bonchev–Trinajstić information content (AvgIpc) is 3.14. The van der Waals surface area contributed by atoms with Gasteiger partial charge >= 0.3 is 0 Å². The van der Waals surface area contributed by atoms with Crippen molar-refractivity contribution in [3.63, 3.8) is 0 Å². The van der Waals surface area contributed by atoms with Gasteiger partial charge in [-0.1, -0.05) is 17.3 Å². The van der Waals surface area contributed by atoms with E-state index in [1.165, 1.54) is 6.33 Å². The lowest BCUT2D eigenvalue weighted by Crippen LogP contribution is -2.38. The molecule has 0 aliphatic carbocycles. The van der Waals surface area contributed by atoms with Crippen LogP contribution in [-0.2, 0) is 0 Å². The molecule has 132 valence electrons. The van der Waals surface area contributed by atoms with Gasteiger partial charge in [-0.15, -0.1) is 0 Å². The fourth-order valence-corrected chi connectivity index (χ4v) is 3.33. The second kappa shape index (κ2) is 7.03. The molecule has 26 heavy (non-hydrogen) atoms. The lowest BCUT2D eigenvalue weighted by atomic mass is 9.99. The number of aromatic nitrogens is 4. The van der Waals surface area contributed by atoms with E-state index in [1.54, 1.807) is 19.3 Å². The Hall–Kier alpha value is -3.09. The Kier molecular flexibility index (Phi) is 4.43. The highest BCUT2D eigenvalue weighted by Crippen LogP contribution is 2.31. The Morgan fingerprint density at radius 3 is 2.81 bits per heavy atom. The number of piperidine rings is 1. The SMILES string of the molecule is Cc1noc([C@H]2CCCCN2C(=O)c2cccc(-c3cncnc3)c2)n1.